The van der Waals surface area contributed by atoms with Crippen LogP contribution in [0.15, 0.2) is 24.3 Å². The lowest BCUT2D eigenvalue weighted by atomic mass is 10.1. The molecule has 6 heteroatoms. The maximum atomic E-state index is 11.4. The molecule has 0 aliphatic carbocycles. The van der Waals surface area contributed by atoms with Crippen molar-refractivity contribution >= 4 is 9.84 Å². The van der Waals surface area contributed by atoms with Crippen LogP contribution in [0.2, 0.25) is 0 Å². The molecule has 1 unspecified atom stereocenters. The van der Waals surface area contributed by atoms with E-state index < -0.39 is 21.4 Å². The molecule has 0 aliphatic rings. The van der Waals surface area contributed by atoms with Gasteiger partial charge in [0.2, 0.25) is 5.79 Å². The van der Waals surface area contributed by atoms with Crippen molar-refractivity contribution < 1.29 is 23.0 Å². The highest BCUT2D eigenvalue weighted by molar-refractivity contribution is 7.90. The molecule has 0 saturated heterocycles. The van der Waals surface area contributed by atoms with Crippen LogP contribution in [0.1, 0.15) is 12.5 Å². The van der Waals surface area contributed by atoms with Gasteiger partial charge in [-0.1, -0.05) is 0 Å². The van der Waals surface area contributed by atoms with E-state index in [0.29, 0.717) is 11.3 Å². The van der Waals surface area contributed by atoms with E-state index >= 15 is 0 Å². The third-order valence-electron chi connectivity index (χ3n) is 2.38. The molecule has 1 aromatic rings. The van der Waals surface area contributed by atoms with E-state index in [2.05, 4.69) is 0 Å². The molecule has 0 fully saturated rings. The summed E-state index contributed by atoms with van der Waals surface area (Å²) in [7, 11) is -1.85. The van der Waals surface area contributed by atoms with Gasteiger partial charge in [-0.05, 0) is 31.2 Å². The second-order valence-electron chi connectivity index (χ2n) is 4.02. The summed E-state index contributed by atoms with van der Waals surface area (Å²) >= 11 is 0. The molecule has 1 rings (SSSR count). The Hall–Kier alpha value is -1.11. The van der Waals surface area contributed by atoms with Crippen molar-refractivity contribution in [1.82, 2.24) is 0 Å². The fourth-order valence-corrected chi connectivity index (χ4v) is 2.61. The van der Waals surface area contributed by atoms with Crippen molar-refractivity contribution in [2.24, 2.45) is 0 Å². The first kappa shape index (κ1) is 14.9. The summed E-state index contributed by atoms with van der Waals surface area (Å²) in [5.41, 5.74) is 0.385. The Morgan fingerprint density at radius 3 is 2.22 bits per heavy atom. The second kappa shape index (κ2) is 5.69. The molecule has 1 N–H and O–H groups in total. The van der Waals surface area contributed by atoms with E-state index in [1.54, 1.807) is 31.2 Å². The highest BCUT2D eigenvalue weighted by Crippen LogP contribution is 2.26. The summed E-state index contributed by atoms with van der Waals surface area (Å²) in [4.78, 5) is 0. The molecule has 1 aromatic carbocycles. The predicted octanol–water partition coefficient (Wildman–Crippen LogP) is 0.921. The summed E-state index contributed by atoms with van der Waals surface area (Å²) < 4.78 is 32.9. The van der Waals surface area contributed by atoms with Gasteiger partial charge in [0.25, 0.3) is 0 Å². The summed E-state index contributed by atoms with van der Waals surface area (Å²) in [6.45, 7) is 1.90. The highest BCUT2D eigenvalue weighted by Gasteiger charge is 2.34. The van der Waals surface area contributed by atoms with Gasteiger partial charge >= 0.3 is 0 Å². The normalized spacial score (nSPS) is 15.1. The molecular formula is C12H18O5S. The maximum Gasteiger partial charge on any atom is 0.206 e. The van der Waals surface area contributed by atoms with Crippen LogP contribution in [0.25, 0.3) is 0 Å². The monoisotopic (exact) mass is 274 g/mol. The first-order valence-corrected chi connectivity index (χ1v) is 7.55. The molecule has 0 aromatic heterocycles. The molecule has 0 amide bonds. The van der Waals surface area contributed by atoms with Gasteiger partial charge in [-0.15, -0.1) is 0 Å². The number of rotatable bonds is 6. The van der Waals surface area contributed by atoms with Gasteiger partial charge in [0, 0.05) is 18.4 Å². The number of benzene rings is 1. The molecule has 0 saturated carbocycles. The fourth-order valence-electron chi connectivity index (χ4n) is 1.65. The van der Waals surface area contributed by atoms with Gasteiger partial charge in [-0.25, -0.2) is 8.42 Å². The summed E-state index contributed by atoms with van der Waals surface area (Å²) in [6.07, 6.45) is 1.06. The van der Waals surface area contributed by atoms with Crippen LogP contribution in [-0.4, -0.2) is 39.2 Å². The van der Waals surface area contributed by atoms with E-state index in [0.717, 1.165) is 6.26 Å². The Bertz CT molecular complexity index is 480. The fraction of sp³-hybridized carbons (Fsp3) is 0.500. The van der Waals surface area contributed by atoms with Crippen molar-refractivity contribution in [2.75, 3.05) is 25.7 Å². The number of hydrogen-bond acceptors (Lipinski definition) is 5. The summed E-state index contributed by atoms with van der Waals surface area (Å²) in [5.74, 6) is -1.69. The van der Waals surface area contributed by atoms with Crippen molar-refractivity contribution in [3.63, 3.8) is 0 Å². The zero-order chi connectivity index (χ0) is 13.8. The Kier molecular flexibility index (Phi) is 4.72. The lowest BCUT2D eigenvalue weighted by molar-refractivity contribution is -0.192. The average molecular weight is 274 g/mol. The minimum absolute atomic E-state index is 0.206. The first-order valence-electron chi connectivity index (χ1n) is 5.49. The Balaban J connectivity index is 3.09. The van der Waals surface area contributed by atoms with Crippen LogP contribution >= 0.6 is 0 Å². The largest absolute Gasteiger partial charge is 0.497 e. The molecule has 0 heterocycles. The van der Waals surface area contributed by atoms with Gasteiger partial charge in [-0.3, -0.25) is 0 Å². The van der Waals surface area contributed by atoms with Crippen LogP contribution in [0.5, 0.6) is 5.75 Å². The van der Waals surface area contributed by atoms with E-state index in [1.807, 2.05) is 0 Å². The summed E-state index contributed by atoms with van der Waals surface area (Å²) in [5, 5.41) is 10.3. The van der Waals surface area contributed by atoms with E-state index in [-0.39, 0.29) is 6.61 Å². The minimum atomic E-state index is -3.37. The average Bonchev–Trinajstić information content (AvgIpc) is 2.27. The zero-order valence-electron chi connectivity index (χ0n) is 10.7. The first-order chi connectivity index (χ1) is 8.30. The Morgan fingerprint density at radius 2 is 1.83 bits per heavy atom. The molecule has 0 aliphatic heterocycles. The molecular weight excluding hydrogens is 256 g/mol. The van der Waals surface area contributed by atoms with Crippen molar-refractivity contribution in [1.29, 1.82) is 0 Å². The molecule has 18 heavy (non-hydrogen) atoms. The molecule has 0 bridgehead atoms. The lowest BCUT2D eigenvalue weighted by Crippen LogP contribution is -2.37. The van der Waals surface area contributed by atoms with Crippen LogP contribution in [-0.2, 0) is 20.4 Å². The third-order valence-corrected chi connectivity index (χ3v) is 3.30. The van der Waals surface area contributed by atoms with Gasteiger partial charge in [0.1, 0.15) is 11.5 Å². The molecule has 1 atom stereocenters. The zero-order valence-corrected chi connectivity index (χ0v) is 11.5. The second-order valence-corrected chi connectivity index (χ2v) is 6.16. The van der Waals surface area contributed by atoms with Crippen molar-refractivity contribution in [2.45, 2.75) is 12.7 Å². The molecule has 0 spiro atoms. The quantitative estimate of drug-likeness (QED) is 0.781. The number of methoxy groups -OCH3 is 1. The molecule has 5 nitrogen and oxygen atoms in total. The van der Waals surface area contributed by atoms with Crippen molar-refractivity contribution in [3.05, 3.63) is 29.8 Å². The third kappa shape index (κ3) is 3.97. The number of aliphatic hydroxyl groups is 1. The highest BCUT2D eigenvalue weighted by atomic mass is 32.2. The predicted molar refractivity (Wildman–Crippen MR) is 68.2 cm³/mol. The van der Waals surface area contributed by atoms with Crippen LogP contribution in [0.3, 0.4) is 0 Å². The van der Waals surface area contributed by atoms with Crippen molar-refractivity contribution in [3.8, 4) is 5.75 Å². The molecule has 102 valence electrons. The maximum absolute atomic E-state index is 11.4. The van der Waals surface area contributed by atoms with Crippen LogP contribution < -0.4 is 4.74 Å². The topological polar surface area (TPSA) is 72.8 Å². The van der Waals surface area contributed by atoms with E-state index in [4.69, 9.17) is 9.47 Å². The summed E-state index contributed by atoms with van der Waals surface area (Å²) in [6, 6.07) is 6.45. The number of ether oxygens (including phenoxy) is 2. The smallest absolute Gasteiger partial charge is 0.206 e. The van der Waals surface area contributed by atoms with E-state index in [9.17, 15) is 13.5 Å². The Morgan fingerprint density at radius 1 is 1.28 bits per heavy atom. The SMILES string of the molecule is CCOC(O)(CS(C)(=O)=O)c1ccc(OC)cc1. The van der Waals surface area contributed by atoms with Crippen LogP contribution in [0.4, 0.5) is 0 Å². The van der Waals surface area contributed by atoms with Crippen LogP contribution in [0, 0.1) is 0 Å². The van der Waals surface area contributed by atoms with Gasteiger partial charge in [0.05, 0.1) is 7.11 Å². The lowest BCUT2D eigenvalue weighted by Gasteiger charge is -2.27. The molecule has 0 radical (unpaired) electrons. The standard InChI is InChI=1S/C12H18O5S/c1-4-17-12(13,9-18(3,14)15)10-5-7-11(16-2)8-6-10/h5-8,13H,4,9H2,1-3H3. The van der Waals surface area contributed by atoms with E-state index in [1.165, 1.54) is 7.11 Å². The number of hydrogen-bond donors (Lipinski definition) is 1. The van der Waals surface area contributed by atoms with Gasteiger partial charge in [-0.2, -0.15) is 0 Å². The van der Waals surface area contributed by atoms with Gasteiger partial charge in [0.15, 0.2) is 9.84 Å². The van der Waals surface area contributed by atoms with Gasteiger partial charge < -0.3 is 14.6 Å². The number of sulfone groups is 1. The Labute approximate surface area is 107 Å². The minimum Gasteiger partial charge on any atom is -0.497 e.